The molecular weight excluding hydrogens is 524 g/mol. The zero-order valence-electron chi connectivity index (χ0n) is 21.9. The van der Waals surface area contributed by atoms with Gasteiger partial charge in [0.1, 0.15) is 17.3 Å². The van der Waals surface area contributed by atoms with Gasteiger partial charge >= 0.3 is 0 Å². The van der Waals surface area contributed by atoms with Gasteiger partial charge < -0.3 is 18.8 Å². The standard InChI is InChI=1S/C28H28N2O8S/c1-17-5-10-26(25(11-17)34-3)39(32,33)29-28(31)27(19-7-9-23-24(13-19)37-16-36-23)21-14-30(2)22-12-18(15-38-35-4)6-8-20(21)22/h5-14,27H,15-16H2,1-4H3,(H,29,31). The lowest BCUT2D eigenvalue weighted by Crippen LogP contribution is -2.35. The Kier molecular flexibility index (Phi) is 7.21. The quantitative estimate of drug-likeness (QED) is 0.245. The first-order valence-electron chi connectivity index (χ1n) is 12.1. The summed E-state index contributed by atoms with van der Waals surface area (Å²) in [5, 5.41) is 0.779. The molecule has 0 saturated heterocycles. The van der Waals surface area contributed by atoms with E-state index in [9.17, 15) is 13.2 Å². The number of aryl methyl sites for hydroxylation is 2. The van der Waals surface area contributed by atoms with Crippen molar-refractivity contribution in [1.29, 1.82) is 0 Å². The number of benzene rings is 3. The highest BCUT2D eigenvalue weighted by Crippen LogP contribution is 2.39. The summed E-state index contributed by atoms with van der Waals surface area (Å²) in [5.41, 5.74) is 3.69. The lowest BCUT2D eigenvalue weighted by atomic mass is 9.90. The van der Waals surface area contributed by atoms with Gasteiger partial charge in [-0.15, -0.1) is 0 Å². The number of sulfonamides is 1. The maximum atomic E-state index is 13.9. The minimum absolute atomic E-state index is 0.0673. The first kappa shape index (κ1) is 26.5. The molecule has 0 spiro atoms. The third-order valence-electron chi connectivity index (χ3n) is 6.58. The number of hydrogen-bond donors (Lipinski definition) is 1. The zero-order valence-corrected chi connectivity index (χ0v) is 22.7. The van der Waals surface area contributed by atoms with Gasteiger partial charge in [0.15, 0.2) is 11.5 Å². The monoisotopic (exact) mass is 552 g/mol. The van der Waals surface area contributed by atoms with Crippen molar-refractivity contribution in [3.63, 3.8) is 0 Å². The molecule has 0 saturated carbocycles. The van der Waals surface area contributed by atoms with Crippen LogP contribution in [0.25, 0.3) is 10.9 Å². The van der Waals surface area contributed by atoms with Crippen molar-refractivity contribution >= 4 is 26.8 Å². The Labute approximate surface area is 226 Å². The number of nitrogens with one attached hydrogen (secondary N) is 1. The van der Waals surface area contributed by atoms with E-state index in [4.69, 9.17) is 24.0 Å². The number of carbonyl (C=O) groups is 1. The molecule has 3 aromatic carbocycles. The number of aromatic nitrogens is 1. The summed E-state index contributed by atoms with van der Waals surface area (Å²) in [4.78, 5) is 23.6. The van der Waals surface area contributed by atoms with Gasteiger partial charge in [-0.25, -0.2) is 22.9 Å². The van der Waals surface area contributed by atoms with Crippen LogP contribution in [0.3, 0.4) is 0 Å². The third kappa shape index (κ3) is 5.16. The molecular formula is C28H28N2O8S. The Morgan fingerprint density at radius 1 is 1.05 bits per heavy atom. The molecule has 11 heteroatoms. The molecule has 0 bridgehead atoms. The van der Waals surface area contributed by atoms with E-state index in [2.05, 4.69) is 4.72 Å². The van der Waals surface area contributed by atoms with Crippen LogP contribution in [0.15, 0.2) is 65.7 Å². The largest absolute Gasteiger partial charge is 0.495 e. The van der Waals surface area contributed by atoms with Crippen LogP contribution in [0.1, 0.15) is 28.2 Å². The fraction of sp³-hybridized carbons (Fsp3) is 0.250. The zero-order chi connectivity index (χ0) is 27.7. The smallest absolute Gasteiger partial charge is 0.267 e. The summed E-state index contributed by atoms with van der Waals surface area (Å²) >= 11 is 0. The van der Waals surface area contributed by atoms with Crippen molar-refractivity contribution in [2.75, 3.05) is 21.0 Å². The highest BCUT2D eigenvalue weighted by Gasteiger charge is 2.32. The van der Waals surface area contributed by atoms with Crippen LogP contribution in [-0.4, -0.2) is 39.9 Å². The summed E-state index contributed by atoms with van der Waals surface area (Å²) in [6, 6.07) is 15.5. The molecule has 204 valence electrons. The van der Waals surface area contributed by atoms with E-state index >= 15 is 0 Å². The van der Waals surface area contributed by atoms with E-state index in [0.717, 1.165) is 22.0 Å². The van der Waals surface area contributed by atoms with E-state index in [-0.39, 0.29) is 24.0 Å². The molecule has 10 nitrogen and oxygen atoms in total. The Hall–Kier alpha value is -4.06. The maximum absolute atomic E-state index is 13.9. The van der Waals surface area contributed by atoms with Crippen LogP contribution in [0.4, 0.5) is 0 Å². The van der Waals surface area contributed by atoms with Crippen molar-refractivity contribution in [2.24, 2.45) is 7.05 Å². The Balaban J connectivity index is 1.60. The Bertz CT molecular complexity index is 1660. The molecule has 1 atom stereocenters. The fourth-order valence-electron chi connectivity index (χ4n) is 4.72. The van der Waals surface area contributed by atoms with Crippen molar-refractivity contribution in [2.45, 2.75) is 24.3 Å². The molecule has 2 heterocycles. The van der Waals surface area contributed by atoms with E-state index in [1.807, 2.05) is 42.9 Å². The van der Waals surface area contributed by atoms with Crippen LogP contribution in [0.2, 0.25) is 0 Å². The van der Waals surface area contributed by atoms with Gasteiger partial charge in [0, 0.05) is 24.1 Å². The molecule has 1 amide bonds. The molecule has 1 unspecified atom stereocenters. The maximum Gasteiger partial charge on any atom is 0.267 e. The predicted octanol–water partition coefficient (Wildman–Crippen LogP) is 3.94. The van der Waals surface area contributed by atoms with Gasteiger partial charge in [-0.2, -0.15) is 0 Å². The van der Waals surface area contributed by atoms with Gasteiger partial charge in [-0.3, -0.25) is 4.79 Å². The van der Waals surface area contributed by atoms with E-state index < -0.39 is 21.8 Å². The number of nitrogens with zero attached hydrogens (tertiary/aromatic N) is 1. The number of amides is 1. The molecule has 0 radical (unpaired) electrons. The number of rotatable bonds is 9. The lowest BCUT2D eigenvalue weighted by Gasteiger charge is -2.19. The third-order valence-corrected chi connectivity index (χ3v) is 7.96. The van der Waals surface area contributed by atoms with Crippen LogP contribution in [-0.2, 0) is 38.2 Å². The minimum atomic E-state index is -4.27. The van der Waals surface area contributed by atoms with Gasteiger partial charge in [0.05, 0.1) is 20.1 Å². The SMILES string of the molecule is COOCc1ccc2c(C(C(=O)NS(=O)(=O)c3ccc(C)cc3OC)c3ccc4c(c3)OCO4)cn(C)c2c1. The molecule has 4 aromatic rings. The molecule has 5 rings (SSSR count). The molecule has 1 aliphatic rings. The second-order valence-electron chi connectivity index (χ2n) is 9.15. The van der Waals surface area contributed by atoms with Gasteiger partial charge in [0.25, 0.3) is 10.0 Å². The van der Waals surface area contributed by atoms with Crippen molar-refractivity contribution in [1.82, 2.24) is 9.29 Å². The Morgan fingerprint density at radius 3 is 2.62 bits per heavy atom. The number of carbonyl (C=O) groups excluding carboxylic acids is 1. The number of methoxy groups -OCH3 is 1. The summed E-state index contributed by atoms with van der Waals surface area (Å²) in [6.07, 6.45) is 1.82. The fourth-order valence-corrected chi connectivity index (χ4v) is 5.86. The summed E-state index contributed by atoms with van der Waals surface area (Å²) in [6.45, 7) is 2.13. The summed E-state index contributed by atoms with van der Waals surface area (Å²) < 4.78 is 47.3. The van der Waals surface area contributed by atoms with E-state index in [1.54, 1.807) is 30.3 Å². The molecule has 1 N–H and O–H groups in total. The van der Waals surface area contributed by atoms with E-state index in [1.165, 1.54) is 20.3 Å². The van der Waals surface area contributed by atoms with Gasteiger partial charge in [-0.1, -0.05) is 24.3 Å². The topological polar surface area (TPSA) is 114 Å². The molecule has 39 heavy (non-hydrogen) atoms. The highest BCUT2D eigenvalue weighted by molar-refractivity contribution is 7.90. The van der Waals surface area contributed by atoms with Crippen LogP contribution >= 0.6 is 0 Å². The second-order valence-corrected chi connectivity index (χ2v) is 10.8. The average Bonchev–Trinajstić information content (AvgIpc) is 3.51. The van der Waals surface area contributed by atoms with Gasteiger partial charge in [-0.05, 0) is 59.5 Å². The minimum Gasteiger partial charge on any atom is -0.495 e. The number of hydrogen-bond acceptors (Lipinski definition) is 8. The number of ether oxygens (including phenoxy) is 3. The molecule has 1 aliphatic heterocycles. The highest BCUT2D eigenvalue weighted by atomic mass is 32.2. The molecule has 0 fully saturated rings. The summed E-state index contributed by atoms with van der Waals surface area (Å²) in [7, 11) is 0.404. The second kappa shape index (κ2) is 10.6. The van der Waals surface area contributed by atoms with Crippen molar-refractivity contribution < 1.29 is 37.2 Å². The van der Waals surface area contributed by atoms with Gasteiger partial charge in [0.2, 0.25) is 12.7 Å². The Morgan fingerprint density at radius 2 is 1.85 bits per heavy atom. The van der Waals surface area contributed by atoms with Crippen LogP contribution in [0, 0.1) is 6.92 Å². The summed E-state index contributed by atoms with van der Waals surface area (Å²) in [5.74, 6) is -0.541. The van der Waals surface area contributed by atoms with Crippen LogP contribution in [0.5, 0.6) is 17.2 Å². The van der Waals surface area contributed by atoms with Crippen molar-refractivity contribution in [3.05, 3.63) is 83.0 Å². The first-order valence-corrected chi connectivity index (χ1v) is 13.5. The average molecular weight is 553 g/mol. The first-order chi connectivity index (χ1) is 18.7. The molecule has 0 aliphatic carbocycles. The lowest BCUT2D eigenvalue weighted by molar-refractivity contribution is -0.282. The van der Waals surface area contributed by atoms with E-state index in [0.29, 0.717) is 22.6 Å². The van der Waals surface area contributed by atoms with Crippen molar-refractivity contribution in [3.8, 4) is 17.2 Å². The van der Waals surface area contributed by atoms with Crippen LogP contribution < -0.4 is 18.9 Å². The normalized spacial score (nSPS) is 13.4. The predicted molar refractivity (Wildman–Crippen MR) is 142 cm³/mol. The molecule has 1 aromatic heterocycles. The number of fused-ring (bicyclic) bond motifs is 2.